The average Bonchev–Trinajstić information content (AvgIpc) is 3.64. The summed E-state index contributed by atoms with van der Waals surface area (Å²) in [6, 6.07) is 12.7. The van der Waals surface area contributed by atoms with Crippen LogP contribution in [-0.2, 0) is 29.9 Å². The van der Waals surface area contributed by atoms with Gasteiger partial charge >= 0.3 is 0 Å². The van der Waals surface area contributed by atoms with Gasteiger partial charge in [-0.2, -0.15) is 4.31 Å². The van der Waals surface area contributed by atoms with E-state index in [0.717, 1.165) is 12.8 Å². The highest BCUT2D eigenvalue weighted by molar-refractivity contribution is 7.89. The molecule has 2 aromatic carbocycles. The van der Waals surface area contributed by atoms with Crippen LogP contribution >= 0.6 is 0 Å². The quantitative estimate of drug-likeness (QED) is 0.275. The number of carbonyl (C=O) groups excluding carboxylic acids is 3. The van der Waals surface area contributed by atoms with Crippen molar-refractivity contribution in [3.05, 3.63) is 65.2 Å². The lowest BCUT2D eigenvalue weighted by atomic mass is 9.82. The SMILES string of the molecule is CCCN1C(=O)C2(/C(=C(/O)c3ccc(S(=O)(=O)N4CCCC4)cc3)C(=O)C(=O)N2CCCN(C)C)c2ccccc21. The van der Waals surface area contributed by atoms with Crippen molar-refractivity contribution in [2.24, 2.45) is 0 Å². The summed E-state index contributed by atoms with van der Waals surface area (Å²) in [4.78, 5) is 46.6. The van der Waals surface area contributed by atoms with Gasteiger partial charge in [0.05, 0.1) is 16.2 Å². The van der Waals surface area contributed by atoms with Crippen molar-refractivity contribution >= 4 is 39.1 Å². The van der Waals surface area contributed by atoms with E-state index in [0.29, 0.717) is 50.3 Å². The van der Waals surface area contributed by atoms with Gasteiger partial charge in [-0.15, -0.1) is 0 Å². The summed E-state index contributed by atoms with van der Waals surface area (Å²) < 4.78 is 27.5. The van der Waals surface area contributed by atoms with E-state index < -0.39 is 38.9 Å². The molecule has 3 aliphatic rings. The molecule has 1 unspecified atom stereocenters. The normalized spacial score (nSPS) is 22.5. The second kappa shape index (κ2) is 11.0. The number of aliphatic hydroxyl groups excluding tert-OH is 1. The van der Waals surface area contributed by atoms with E-state index in [1.54, 1.807) is 29.2 Å². The molecule has 2 aromatic rings. The van der Waals surface area contributed by atoms with E-state index in [4.69, 9.17) is 0 Å². The van der Waals surface area contributed by atoms with Gasteiger partial charge in [-0.1, -0.05) is 25.1 Å². The summed E-state index contributed by atoms with van der Waals surface area (Å²) in [7, 11) is 0.110. The van der Waals surface area contributed by atoms with Gasteiger partial charge in [0, 0.05) is 37.3 Å². The van der Waals surface area contributed by atoms with Gasteiger partial charge in [-0.25, -0.2) is 8.42 Å². The summed E-state index contributed by atoms with van der Waals surface area (Å²) in [6.07, 6.45) is 2.76. The Morgan fingerprint density at radius 2 is 1.63 bits per heavy atom. The number of hydrogen-bond donors (Lipinski definition) is 1. The standard InChI is InChI=1S/C30H36N4O6S/c1-4-16-33-24-11-6-5-10-23(24)30(29(33)38)25(27(36)28(37)34(30)20-9-17-31(2)3)26(35)21-12-14-22(15-13-21)41(39,40)32-18-7-8-19-32/h5-6,10-15,35H,4,7-9,16-20H2,1-3H3/b26-25+. The number of aliphatic hydroxyl groups is 1. The Bertz CT molecular complexity index is 1510. The fourth-order valence-corrected chi connectivity index (χ4v) is 7.68. The van der Waals surface area contributed by atoms with Crippen LogP contribution in [0.1, 0.15) is 43.7 Å². The van der Waals surface area contributed by atoms with Gasteiger partial charge in [0.2, 0.25) is 10.0 Å². The van der Waals surface area contributed by atoms with Crippen LogP contribution in [0.2, 0.25) is 0 Å². The first-order valence-corrected chi connectivity index (χ1v) is 15.5. The van der Waals surface area contributed by atoms with Crippen molar-refractivity contribution in [1.29, 1.82) is 0 Å². The number of para-hydroxylation sites is 1. The van der Waals surface area contributed by atoms with Gasteiger partial charge in [0.25, 0.3) is 17.6 Å². The maximum atomic E-state index is 14.4. The smallest absolute Gasteiger partial charge is 0.296 e. The van der Waals surface area contributed by atoms with Crippen LogP contribution in [0.5, 0.6) is 0 Å². The topological polar surface area (TPSA) is 119 Å². The lowest BCUT2D eigenvalue weighted by Crippen LogP contribution is -2.52. The first-order valence-electron chi connectivity index (χ1n) is 14.0. The lowest BCUT2D eigenvalue weighted by molar-refractivity contribution is -0.143. The number of anilines is 1. The molecule has 2 amide bonds. The first-order chi connectivity index (χ1) is 19.6. The molecule has 0 saturated carbocycles. The van der Waals surface area contributed by atoms with Crippen LogP contribution in [0.3, 0.4) is 0 Å². The molecule has 0 bridgehead atoms. The number of benzene rings is 2. The van der Waals surface area contributed by atoms with E-state index in [9.17, 15) is 27.9 Å². The minimum atomic E-state index is -3.69. The third-order valence-electron chi connectivity index (χ3n) is 8.07. The van der Waals surface area contributed by atoms with Crippen LogP contribution in [0.15, 0.2) is 59.0 Å². The predicted molar refractivity (Wildman–Crippen MR) is 155 cm³/mol. The first kappa shape index (κ1) is 29.0. The van der Waals surface area contributed by atoms with Crippen LogP contribution in [0, 0.1) is 0 Å². The van der Waals surface area contributed by atoms with Gasteiger partial charge in [-0.3, -0.25) is 14.4 Å². The van der Waals surface area contributed by atoms with E-state index in [2.05, 4.69) is 0 Å². The molecular weight excluding hydrogens is 544 g/mol. The Labute approximate surface area is 240 Å². The van der Waals surface area contributed by atoms with E-state index in [-0.39, 0.29) is 22.6 Å². The molecule has 5 rings (SSSR count). The zero-order valence-corrected chi connectivity index (χ0v) is 24.5. The highest BCUT2D eigenvalue weighted by atomic mass is 32.2. The second-order valence-corrected chi connectivity index (χ2v) is 12.9. The molecule has 10 nitrogen and oxygen atoms in total. The van der Waals surface area contributed by atoms with E-state index in [1.807, 2.05) is 25.9 Å². The van der Waals surface area contributed by atoms with Crippen molar-refractivity contribution in [1.82, 2.24) is 14.1 Å². The Morgan fingerprint density at radius 1 is 0.976 bits per heavy atom. The molecule has 3 aliphatic heterocycles. The fourth-order valence-electron chi connectivity index (χ4n) is 6.16. The molecule has 2 fully saturated rings. The molecule has 218 valence electrons. The summed E-state index contributed by atoms with van der Waals surface area (Å²) in [5, 5.41) is 11.7. The maximum absolute atomic E-state index is 14.4. The lowest BCUT2D eigenvalue weighted by Gasteiger charge is -2.34. The largest absolute Gasteiger partial charge is 0.507 e. The number of ketones is 1. The zero-order chi connectivity index (χ0) is 29.5. The fraction of sp³-hybridized carbons (Fsp3) is 0.433. The van der Waals surface area contributed by atoms with Gasteiger partial charge in [0.1, 0.15) is 5.76 Å². The Hall–Kier alpha value is -3.54. The number of fused-ring (bicyclic) bond motifs is 2. The molecule has 0 aromatic heterocycles. The molecule has 3 heterocycles. The minimum absolute atomic E-state index is 0.0752. The van der Waals surface area contributed by atoms with Gasteiger partial charge in [-0.05, 0) is 76.7 Å². The molecule has 1 atom stereocenters. The number of rotatable bonds is 9. The minimum Gasteiger partial charge on any atom is -0.507 e. The van der Waals surface area contributed by atoms with Crippen LogP contribution in [0.25, 0.3) is 5.76 Å². The molecule has 41 heavy (non-hydrogen) atoms. The number of nitrogens with zero attached hydrogens (tertiary/aromatic N) is 4. The van der Waals surface area contributed by atoms with Crippen molar-refractivity contribution in [3.8, 4) is 0 Å². The third kappa shape index (κ3) is 4.56. The Kier molecular flexibility index (Phi) is 7.80. The predicted octanol–water partition coefficient (Wildman–Crippen LogP) is 2.76. The van der Waals surface area contributed by atoms with Crippen molar-refractivity contribution < 1.29 is 27.9 Å². The van der Waals surface area contributed by atoms with Crippen LogP contribution in [0.4, 0.5) is 5.69 Å². The molecular formula is C30H36N4O6S. The van der Waals surface area contributed by atoms with Crippen molar-refractivity contribution in [2.45, 2.75) is 43.0 Å². The summed E-state index contributed by atoms with van der Waals surface area (Å²) in [5.74, 6) is -2.76. The van der Waals surface area contributed by atoms with Crippen LogP contribution in [-0.4, -0.2) is 92.0 Å². The van der Waals surface area contributed by atoms with Gasteiger partial charge < -0.3 is 19.8 Å². The molecule has 1 spiro atoms. The molecule has 0 aliphatic carbocycles. The number of likely N-dealkylation sites (tertiary alicyclic amines) is 1. The number of Topliss-reactive ketones (excluding diaryl/α,β-unsaturated/α-hetero) is 1. The number of carbonyl (C=O) groups is 3. The van der Waals surface area contributed by atoms with E-state index in [1.165, 1.54) is 33.5 Å². The third-order valence-corrected chi connectivity index (χ3v) is 9.99. The number of hydrogen-bond acceptors (Lipinski definition) is 7. The summed E-state index contributed by atoms with van der Waals surface area (Å²) in [5.41, 5.74) is -0.903. The molecule has 2 saturated heterocycles. The molecule has 0 radical (unpaired) electrons. The molecule has 1 N–H and O–H groups in total. The Balaban J connectivity index is 1.67. The van der Waals surface area contributed by atoms with Crippen LogP contribution < -0.4 is 4.90 Å². The number of sulfonamides is 1. The number of amides is 2. The van der Waals surface area contributed by atoms with E-state index >= 15 is 0 Å². The van der Waals surface area contributed by atoms with Crippen molar-refractivity contribution in [2.75, 3.05) is 51.7 Å². The van der Waals surface area contributed by atoms with Crippen molar-refractivity contribution in [3.63, 3.8) is 0 Å². The zero-order valence-electron chi connectivity index (χ0n) is 23.7. The summed E-state index contributed by atoms with van der Waals surface area (Å²) >= 11 is 0. The monoisotopic (exact) mass is 580 g/mol. The molecule has 11 heteroatoms. The average molecular weight is 581 g/mol. The highest BCUT2D eigenvalue weighted by Crippen LogP contribution is 2.53. The van der Waals surface area contributed by atoms with Gasteiger partial charge in [0.15, 0.2) is 5.54 Å². The second-order valence-electron chi connectivity index (χ2n) is 11.0. The summed E-state index contributed by atoms with van der Waals surface area (Å²) in [6.45, 7) is 3.98. The Morgan fingerprint density at radius 3 is 2.27 bits per heavy atom. The highest BCUT2D eigenvalue weighted by Gasteiger charge is 2.66. The maximum Gasteiger partial charge on any atom is 0.296 e.